The molecular weight excluding hydrogens is 392 g/mol. The topological polar surface area (TPSA) is 49.3 Å². The van der Waals surface area contributed by atoms with Crippen LogP contribution < -0.4 is 4.90 Å². The van der Waals surface area contributed by atoms with Gasteiger partial charge in [0.1, 0.15) is 16.5 Å². The lowest BCUT2D eigenvalue weighted by molar-refractivity contribution is -0.132. The second kappa shape index (κ2) is 9.21. The molecule has 1 aliphatic heterocycles. The van der Waals surface area contributed by atoms with Crippen molar-refractivity contribution in [2.45, 2.75) is 72.6 Å². The first-order valence-corrected chi connectivity index (χ1v) is 12.6. The van der Waals surface area contributed by atoms with E-state index in [-0.39, 0.29) is 0 Å². The maximum Gasteiger partial charge on any atom is 0.222 e. The predicted octanol–water partition coefficient (Wildman–Crippen LogP) is 4.85. The van der Waals surface area contributed by atoms with Gasteiger partial charge in [0.25, 0.3) is 0 Å². The summed E-state index contributed by atoms with van der Waals surface area (Å²) in [5.41, 5.74) is 1.50. The highest BCUT2D eigenvalue weighted by Crippen LogP contribution is 2.41. The van der Waals surface area contributed by atoms with Crippen molar-refractivity contribution >= 4 is 33.3 Å². The number of carbonyl (C=O) groups excluding carboxylic acids is 1. The van der Waals surface area contributed by atoms with Crippen molar-refractivity contribution in [3.63, 3.8) is 0 Å². The van der Waals surface area contributed by atoms with E-state index in [4.69, 9.17) is 9.97 Å². The first-order valence-electron chi connectivity index (χ1n) is 11.8. The van der Waals surface area contributed by atoms with E-state index in [1.54, 1.807) is 0 Å². The molecule has 0 saturated carbocycles. The van der Waals surface area contributed by atoms with Crippen molar-refractivity contribution in [1.82, 2.24) is 14.9 Å². The number of hydrogen-bond donors (Lipinski definition) is 0. The van der Waals surface area contributed by atoms with Gasteiger partial charge in [-0.2, -0.15) is 0 Å². The van der Waals surface area contributed by atoms with Crippen molar-refractivity contribution in [3.05, 3.63) is 16.3 Å². The highest BCUT2D eigenvalue weighted by Gasteiger charge is 2.28. The number of rotatable bonds is 6. The van der Waals surface area contributed by atoms with Gasteiger partial charge in [-0.1, -0.05) is 34.1 Å². The minimum atomic E-state index is 0.294. The summed E-state index contributed by atoms with van der Waals surface area (Å²) in [4.78, 5) is 29.8. The molecule has 4 rings (SSSR count). The van der Waals surface area contributed by atoms with Crippen LogP contribution >= 0.6 is 11.3 Å². The first-order chi connectivity index (χ1) is 14.5. The number of amides is 1. The summed E-state index contributed by atoms with van der Waals surface area (Å²) in [5, 5.41) is 1.31. The number of thiophene rings is 1. The number of anilines is 1. The zero-order chi connectivity index (χ0) is 21.3. The monoisotopic (exact) mass is 428 g/mol. The van der Waals surface area contributed by atoms with E-state index < -0.39 is 0 Å². The molecule has 0 N–H and O–H groups in total. The molecule has 30 heavy (non-hydrogen) atoms. The minimum absolute atomic E-state index is 0.294. The normalized spacial score (nSPS) is 19.6. The van der Waals surface area contributed by atoms with Gasteiger partial charge < -0.3 is 9.80 Å². The number of hydrogen-bond acceptors (Lipinski definition) is 5. The quantitative estimate of drug-likeness (QED) is 0.660. The molecule has 1 amide bonds. The Kier molecular flexibility index (Phi) is 6.61. The molecule has 0 radical (unpaired) electrons. The van der Waals surface area contributed by atoms with Crippen molar-refractivity contribution in [3.8, 4) is 0 Å². The molecule has 0 spiro atoms. The van der Waals surface area contributed by atoms with Crippen LogP contribution in [-0.4, -0.2) is 47.0 Å². The number of fused-ring (bicyclic) bond motifs is 3. The third kappa shape index (κ3) is 4.48. The van der Waals surface area contributed by atoms with E-state index in [0.29, 0.717) is 18.2 Å². The van der Waals surface area contributed by atoms with Crippen LogP contribution in [0.25, 0.3) is 10.2 Å². The maximum absolute atomic E-state index is 12.5. The Hall–Kier alpha value is -1.69. The number of aromatic nitrogens is 2. The molecule has 6 heteroatoms. The zero-order valence-electron chi connectivity index (χ0n) is 19.0. The number of piperazine rings is 1. The van der Waals surface area contributed by atoms with Gasteiger partial charge in [-0.25, -0.2) is 9.97 Å². The summed E-state index contributed by atoms with van der Waals surface area (Å²) in [6.45, 7) is 12.1. The van der Waals surface area contributed by atoms with Crippen LogP contribution in [-0.2, 0) is 24.1 Å². The fourth-order valence-corrected chi connectivity index (χ4v) is 6.08. The van der Waals surface area contributed by atoms with Gasteiger partial charge in [0, 0.05) is 43.9 Å². The molecule has 1 atom stereocenters. The summed E-state index contributed by atoms with van der Waals surface area (Å²) < 4.78 is 0. The Bertz CT molecular complexity index is 898. The molecule has 1 aliphatic carbocycles. The fraction of sp³-hybridized carbons (Fsp3) is 0.708. The van der Waals surface area contributed by atoms with E-state index >= 15 is 0 Å². The molecule has 0 aromatic carbocycles. The van der Waals surface area contributed by atoms with Crippen LogP contribution in [0.2, 0.25) is 0 Å². The molecule has 164 valence electrons. The van der Waals surface area contributed by atoms with Gasteiger partial charge in [0.2, 0.25) is 5.91 Å². The Balaban J connectivity index is 1.63. The molecule has 2 aromatic rings. The third-order valence-corrected chi connectivity index (χ3v) is 7.60. The third-order valence-electron chi connectivity index (χ3n) is 6.45. The SMILES string of the molecule is CCCCc1nc(N2CCN(C(=O)CC(C)C)CC2)c2c3c(sc2n1)CC(C)CC3. The van der Waals surface area contributed by atoms with Crippen molar-refractivity contribution in [2.24, 2.45) is 11.8 Å². The number of aryl methyl sites for hydroxylation is 2. The second-order valence-electron chi connectivity index (χ2n) is 9.56. The van der Waals surface area contributed by atoms with E-state index in [1.807, 2.05) is 16.2 Å². The molecule has 2 aliphatic rings. The first kappa shape index (κ1) is 21.5. The standard InChI is InChI=1S/C24H36N4OS/c1-5-6-7-20-25-23(28-12-10-27(11-13-28)21(29)14-16(2)3)22-18-9-8-17(4)15-19(18)30-24(22)26-20/h16-17H,5-15H2,1-4H3. The van der Waals surface area contributed by atoms with Crippen LogP contribution in [0.5, 0.6) is 0 Å². The van der Waals surface area contributed by atoms with Crippen molar-refractivity contribution in [1.29, 1.82) is 0 Å². The van der Waals surface area contributed by atoms with E-state index in [0.717, 1.165) is 69.4 Å². The highest BCUT2D eigenvalue weighted by atomic mass is 32.1. The average molecular weight is 429 g/mol. The van der Waals surface area contributed by atoms with Crippen LogP contribution in [0.15, 0.2) is 0 Å². The van der Waals surface area contributed by atoms with Gasteiger partial charge in [-0.05, 0) is 43.1 Å². The van der Waals surface area contributed by atoms with Crippen molar-refractivity contribution < 1.29 is 4.79 Å². The molecule has 1 fully saturated rings. The lowest BCUT2D eigenvalue weighted by Gasteiger charge is -2.36. The lowest BCUT2D eigenvalue weighted by atomic mass is 9.89. The number of unbranched alkanes of at least 4 members (excludes halogenated alkanes) is 1. The Morgan fingerprint density at radius 3 is 2.67 bits per heavy atom. The summed E-state index contributed by atoms with van der Waals surface area (Å²) in [6, 6.07) is 0. The number of carbonyl (C=O) groups is 1. The van der Waals surface area contributed by atoms with E-state index in [1.165, 1.54) is 33.5 Å². The van der Waals surface area contributed by atoms with Crippen LogP contribution in [0, 0.1) is 11.8 Å². The molecular formula is C24H36N4OS. The van der Waals surface area contributed by atoms with Gasteiger partial charge in [-0.15, -0.1) is 11.3 Å². The average Bonchev–Trinajstić information content (AvgIpc) is 3.08. The van der Waals surface area contributed by atoms with Gasteiger partial charge in [0.15, 0.2) is 0 Å². The van der Waals surface area contributed by atoms with E-state index in [9.17, 15) is 4.79 Å². The van der Waals surface area contributed by atoms with Gasteiger partial charge in [0.05, 0.1) is 5.39 Å². The number of nitrogens with zero attached hydrogens (tertiary/aromatic N) is 4. The highest BCUT2D eigenvalue weighted by molar-refractivity contribution is 7.19. The predicted molar refractivity (Wildman–Crippen MR) is 125 cm³/mol. The largest absolute Gasteiger partial charge is 0.352 e. The van der Waals surface area contributed by atoms with Gasteiger partial charge in [-0.3, -0.25) is 4.79 Å². The molecule has 2 aromatic heterocycles. The van der Waals surface area contributed by atoms with Crippen LogP contribution in [0.1, 0.15) is 69.6 Å². The van der Waals surface area contributed by atoms with Crippen LogP contribution in [0.3, 0.4) is 0 Å². The maximum atomic E-state index is 12.5. The molecule has 1 saturated heterocycles. The molecule has 5 nitrogen and oxygen atoms in total. The minimum Gasteiger partial charge on any atom is -0.352 e. The summed E-state index contributed by atoms with van der Waals surface area (Å²) in [6.07, 6.45) is 7.47. The molecule has 0 bridgehead atoms. The molecule has 1 unspecified atom stereocenters. The summed E-state index contributed by atoms with van der Waals surface area (Å²) in [5.74, 6) is 3.59. The van der Waals surface area contributed by atoms with Gasteiger partial charge >= 0.3 is 0 Å². The van der Waals surface area contributed by atoms with E-state index in [2.05, 4.69) is 32.6 Å². The summed E-state index contributed by atoms with van der Waals surface area (Å²) in [7, 11) is 0. The summed E-state index contributed by atoms with van der Waals surface area (Å²) >= 11 is 1.90. The smallest absolute Gasteiger partial charge is 0.222 e. The fourth-order valence-electron chi connectivity index (χ4n) is 4.69. The van der Waals surface area contributed by atoms with Crippen LogP contribution in [0.4, 0.5) is 5.82 Å². The Morgan fingerprint density at radius 1 is 1.20 bits per heavy atom. The molecule has 3 heterocycles. The van der Waals surface area contributed by atoms with Crippen molar-refractivity contribution in [2.75, 3.05) is 31.1 Å². The zero-order valence-corrected chi connectivity index (χ0v) is 19.9. The Labute approximate surface area is 184 Å². The Morgan fingerprint density at radius 2 is 1.97 bits per heavy atom. The lowest BCUT2D eigenvalue weighted by Crippen LogP contribution is -2.49. The second-order valence-corrected chi connectivity index (χ2v) is 10.6.